The fourth-order valence-electron chi connectivity index (χ4n) is 2.47. The molecule has 0 saturated heterocycles. The Balaban J connectivity index is 2.57. The normalized spacial score (nSPS) is 14.7. The molecule has 2 unspecified atom stereocenters. The zero-order chi connectivity index (χ0) is 16.7. The summed E-state index contributed by atoms with van der Waals surface area (Å²) >= 11 is 12.5. The van der Waals surface area contributed by atoms with Crippen LogP contribution in [0.5, 0.6) is 0 Å². The van der Waals surface area contributed by atoms with Gasteiger partial charge in [-0.25, -0.2) is 0 Å². The van der Waals surface area contributed by atoms with Crippen LogP contribution < -0.4 is 0 Å². The minimum absolute atomic E-state index is 0.583. The molecule has 0 aliphatic heterocycles. The molecule has 0 aliphatic carbocycles. The van der Waals surface area contributed by atoms with Crippen molar-refractivity contribution in [2.24, 2.45) is 0 Å². The monoisotopic (exact) mass is 347 g/mol. The summed E-state index contributed by atoms with van der Waals surface area (Å²) in [5.74, 6) is 5.44. The van der Waals surface area contributed by atoms with Gasteiger partial charge in [0.15, 0.2) is 5.60 Å². The minimum atomic E-state index is -1.50. The first kappa shape index (κ1) is 17.8. The average molecular weight is 348 g/mol. The largest absolute Gasteiger partial charge is 0.373 e. The van der Waals surface area contributed by atoms with Crippen LogP contribution in [0.25, 0.3) is 0 Å². The van der Waals surface area contributed by atoms with Crippen LogP contribution >= 0.6 is 23.2 Å². The molecule has 2 aromatic rings. The van der Waals surface area contributed by atoms with Gasteiger partial charge in [0.2, 0.25) is 0 Å². The number of halogens is 2. The maximum atomic E-state index is 11.4. The fraction of sp³-hybridized carbons (Fsp3) is 0.316. The van der Waals surface area contributed by atoms with Gasteiger partial charge in [0.05, 0.1) is 5.92 Å². The summed E-state index contributed by atoms with van der Waals surface area (Å²) in [4.78, 5) is 3.28. The molecule has 4 heteroatoms. The van der Waals surface area contributed by atoms with E-state index in [1.165, 1.54) is 0 Å². The molecule has 2 nitrogen and oxygen atoms in total. The van der Waals surface area contributed by atoms with Gasteiger partial charge in [-0.05, 0) is 18.1 Å². The van der Waals surface area contributed by atoms with Crippen molar-refractivity contribution in [3.05, 3.63) is 66.0 Å². The minimum Gasteiger partial charge on any atom is -0.373 e. The van der Waals surface area contributed by atoms with Crippen LogP contribution in [0, 0.1) is 11.8 Å². The van der Waals surface area contributed by atoms with E-state index in [4.69, 9.17) is 23.2 Å². The van der Waals surface area contributed by atoms with Gasteiger partial charge in [0.25, 0.3) is 0 Å². The third-order valence-corrected chi connectivity index (χ3v) is 4.12. The predicted molar refractivity (Wildman–Crippen MR) is 95.5 cm³/mol. The Morgan fingerprint density at radius 1 is 1.17 bits per heavy atom. The highest BCUT2D eigenvalue weighted by atomic mass is 35.5. The first-order valence-corrected chi connectivity index (χ1v) is 8.43. The molecule has 2 atom stereocenters. The third kappa shape index (κ3) is 4.26. The van der Waals surface area contributed by atoms with Crippen molar-refractivity contribution in [3.8, 4) is 11.8 Å². The number of pyridine rings is 1. The highest BCUT2D eigenvalue weighted by molar-refractivity contribution is 6.44. The van der Waals surface area contributed by atoms with Crippen molar-refractivity contribution in [2.45, 2.75) is 36.1 Å². The van der Waals surface area contributed by atoms with E-state index in [0.717, 1.165) is 12.0 Å². The van der Waals surface area contributed by atoms with Gasteiger partial charge in [-0.15, -0.1) is 23.2 Å². The number of aromatic nitrogens is 1. The summed E-state index contributed by atoms with van der Waals surface area (Å²) in [6.07, 6.45) is 4.86. The number of alkyl halides is 2. The number of hydrogen-bond donors (Lipinski definition) is 1. The number of aliphatic hydroxyl groups is 1. The van der Waals surface area contributed by atoms with Crippen LogP contribution in [-0.2, 0) is 5.60 Å². The highest BCUT2D eigenvalue weighted by Gasteiger charge is 2.42. The quantitative estimate of drug-likeness (QED) is 0.630. The topological polar surface area (TPSA) is 33.1 Å². The lowest BCUT2D eigenvalue weighted by molar-refractivity contribution is 0.0721. The SMILES string of the molecule is CCCC#CC(O)(c1cccnc1)C(c1ccccc1)C(Cl)Cl. The molecule has 0 radical (unpaired) electrons. The van der Waals surface area contributed by atoms with E-state index in [1.807, 2.05) is 37.3 Å². The molecular weight excluding hydrogens is 329 g/mol. The van der Waals surface area contributed by atoms with Gasteiger partial charge in [-0.2, -0.15) is 0 Å². The maximum Gasteiger partial charge on any atom is 0.161 e. The number of rotatable bonds is 5. The lowest BCUT2D eigenvalue weighted by Gasteiger charge is -2.33. The molecule has 120 valence electrons. The predicted octanol–water partition coefficient (Wildman–Crippen LogP) is 4.66. The number of hydrogen-bond acceptors (Lipinski definition) is 2. The molecule has 1 heterocycles. The third-order valence-electron chi connectivity index (χ3n) is 3.62. The molecule has 1 aromatic heterocycles. The van der Waals surface area contributed by atoms with E-state index in [9.17, 15) is 5.11 Å². The van der Waals surface area contributed by atoms with E-state index in [-0.39, 0.29) is 0 Å². The highest BCUT2D eigenvalue weighted by Crippen LogP contribution is 2.42. The van der Waals surface area contributed by atoms with Crippen LogP contribution in [0.3, 0.4) is 0 Å². The van der Waals surface area contributed by atoms with Gasteiger partial charge in [0, 0.05) is 24.4 Å². The molecule has 1 aromatic carbocycles. The van der Waals surface area contributed by atoms with Crippen LogP contribution in [0.4, 0.5) is 0 Å². The molecule has 0 saturated carbocycles. The molecular formula is C19H19Cl2NO. The lowest BCUT2D eigenvalue weighted by Crippen LogP contribution is -2.36. The summed E-state index contributed by atoms with van der Waals surface area (Å²) in [6, 6.07) is 13.0. The van der Waals surface area contributed by atoms with Crippen molar-refractivity contribution in [2.75, 3.05) is 0 Å². The second-order valence-electron chi connectivity index (χ2n) is 5.28. The number of nitrogens with zero attached hydrogens (tertiary/aromatic N) is 1. The van der Waals surface area contributed by atoms with Crippen molar-refractivity contribution in [1.29, 1.82) is 0 Å². The first-order chi connectivity index (χ1) is 11.1. The Morgan fingerprint density at radius 3 is 2.48 bits per heavy atom. The molecule has 0 spiro atoms. The summed E-state index contributed by atoms with van der Waals surface area (Å²) in [5, 5.41) is 11.4. The van der Waals surface area contributed by atoms with Crippen LogP contribution in [-0.4, -0.2) is 14.9 Å². The zero-order valence-corrected chi connectivity index (χ0v) is 14.4. The van der Waals surface area contributed by atoms with E-state index in [1.54, 1.807) is 24.5 Å². The molecule has 0 amide bonds. The molecule has 1 N–H and O–H groups in total. The molecule has 0 fully saturated rings. The van der Waals surface area contributed by atoms with Crippen molar-refractivity contribution in [3.63, 3.8) is 0 Å². The fourth-order valence-corrected chi connectivity index (χ4v) is 3.12. The maximum absolute atomic E-state index is 11.4. The first-order valence-electron chi connectivity index (χ1n) is 7.55. The van der Waals surface area contributed by atoms with E-state index >= 15 is 0 Å². The van der Waals surface area contributed by atoms with Gasteiger partial charge in [-0.1, -0.05) is 55.2 Å². The lowest BCUT2D eigenvalue weighted by atomic mass is 9.79. The van der Waals surface area contributed by atoms with Gasteiger partial charge >= 0.3 is 0 Å². The second-order valence-corrected chi connectivity index (χ2v) is 6.45. The summed E-state index contributed by atoms with van der Waals surface area (Å²) in [7, 11) is 0. The van der Waals surface area contributed by atoms with E-state index in [0.29, 0.717) is 12.0 Å². The van der Waals surface area contributed by atoms with Crippen molar-refractivity contribution < 1.29 is 5.11 Å². The van der Waals surface area contributed by atoms with Crippen molar-refractivity contribution in [1.82, 2.24) is 4.98 Å². The second kappa shape index (κ2) is 8.36. The molecule has 23 heavy (non-hydrogen) atoms. The van der Waals surface area contributed by atoms with Gasteiger partial charge in [-0.3, -0.25) is 4.98 Å². The smallest absolute Gasteiger partial charge is 0.161 e. The Morgan fingerprint density at radius 2 is 1.91 bits per heavy atom. The van der Waals surface area contributed by atoms with Crippen LogP contribution in [0.2, 0.25) is 0 Å². The molecule has 2 rings (SSSR count). The van der Waals surface area contributed by atoms with Crippen LogP contribution in [0.1, 0.15) is 36.8 Å². The molecule has 0 bridgehead atoms. The van der Waals surface area contributed by atoms with Gasteiger partial charge in [0.1, 0.15) is 4.84 Å². The summed E-state index contributed by atoms with van der Waals surface area (Å²) in [6.45, 7) is 2.04. The Hall–Kier alpha value is -1.53. The Bertz CT molecular complexity index is 664. The standard InChI is InChI=1S/C19H19Cl2NO/c1-2-3-7-12-19(23,16-11-8-13-22-14-16)17(18(20)21)15-9-5-4-6-10-15/h4-6,8-11,13-14,17-18,23H,2-3H2,1H3. The number of benzene rings is 1. The number of unbranched alkanes of at least 4 members (excludes halogenated alkanes) is 1. The van der Waals surface area contributed by atoms with E-state index in [2.05, 4.69) is 16.8 Å². The molecule has 0 aliphatic rings. The van der Waals surface area contributed by atoms with Crippen LogP contribution in [0.15, 0.2) is 54.9 Å². The Labute approximate surface area is 147 Å². The zero-order valence-electron chi connectivity index (χ0n) is 12.9. The van der Waals surface area contributed by atoms with E-state index < -0.39 is 16.4 Å². The summed E-state index contributed by atoms with van der Waals surface area (Å²) < 4.78 is 0. The summed E-state index contributed by atoms with van der Waals surface area (Å²) in [5.41, 5.74) is -0.0812. The van der Waals surface area contributed by atoms with Gasteiger partial charge < -0.3 is 5.11 Å². The average Bonchev–Trinajstić information content (AvgIpc) is 2.57. The van der Waals surface area contributed by atoms with Crippen molar-refractivity contribution >= 4 is 23.2 Å². The Kier molecular flexibility index (Phi) is 6.47.